The third-order valence-corrected chi connectivity index (χ3v) is 2.70. The number of unbranched alkanes of at least 4 members (excludes halogenated alkanes) is 1. The average Bonchev–Trinajstić information content (AvgIpc) is 2.58. The van der Waals surface area contributed by atoms with Gasteiger partial charge in [0.1, 0.15) is 0 Å². The Labute approximate surface area is 85.8 Å². The van der Waals surface area contributed by atoms with Crippen LogP contribution in [0, 0.1) is 0 Å². The minimum atomic E-state index is -0.106. The Morgan fingerprint density at radius 2 is 2.21 bits per heavy atom. The van der Waals surface area contributed by atoms with E-state index < -0.39 is 0 Å². The van der Waals surface area contributed by atoms with Gasteiger partial charge in [-0.15, -0.1) is 0 Å². The van der Waals surface area contributed by atoms with Crippen LogP contribution in [0.4, 0.5) is 0 Å². The number of rotatable bonds is 5. The predicted octanol–water partition coefficient (Wildman–Crippen LogP) is 2.29. The van der Waals surface area contributed by atoms with Crippen molar-refractivity contribution in [3.8, 4) is 0 Å². The van der Waals surface area contributed by atoms with Crippen molar-refractivity contribution in [1.82, 2.24) is 0 Å². The van der Waals surface area contributed by atoms with Crippen molar-refractivity contribution < 1.29 is 14.3 Å². The summed E-state index contributed by atoms with van der Waals surface area (Å²) in [5, 5.41) is 0. The number of ether oxygens (including phenoxy) is 2. The van der Waals surface area contributed by atoms with Crippen molar-refractivity contribution in [3.63, 3.8) is 0 Å². The summed E-state index contributed by atoms with van der Waals surface area (Å²) in [6, 6.07) is 0. The largest absolute Gasteiger partial charge is 0.469 e. The highest BCUT2D eigenvalue weighted by atomic mass is 16.5. The first kappa shape index (κ1) is 11.5. The molecule has 3 heteroatoms. The number of hydrogen-bond acceptors (Lipinski definition) is 3. The van der Waals surface area contributed by atoms with Gasteiger partial charge in [0.25, 0.3) is 0 Å². The molecule has 2 unspecified atom stereocenters. The van der Waals surface area contributed by atoms with E-state index in [-0.39, 0.29) is 5.97 Å². The van der Waals surface area contributed by atoms with Crippen molar-refractivity contribution in [3.05, 3.63) is 0 Å². The molecule has 1 fully saturated rings. The van der Waals surface area contributed by atoms with E-state index >= 15 is 0 Å². The second-order valence-electron chi connectivity index (χ2n) is 3.97. The van der Waals surface area contributed by atoms with Gasteiger partial charge in [-0.25, -0.2) is 0 Å². The number of carbonyl (C=O) groups is 1. The van der Waals surface area contributed by atoms with Gasteiger partial charge in [0.2, 0.25) is 0 Å². The highest BCUT2D eigenvalue weighted by molar-refractivity contribution is 5.68. The van der Waals surface area contributed by atoms with Gasteiger partial charge in [0.05, 0.1) is 19.3 Å². The van der Waals surface area contributed by atoms with Gasteiger partial charge in [-0.1, -0.05) is 6.42 Å². The third-order valence-electron chi connectivity index (χ3n) is 2.70. The average molecular weight is 200 g/mol. The molecule has 0 aromatic rings. The SMILES string of the molecule is COC(=O)CCCCC1CCC(C)O1. The Morgan fingerprint density at radius 3 is 2.79 bits per heavy atom. The van der Waals surface area contributed by atoms with Crippen molar-refractivity contribution >= 4 is 5.97 Å². The van der Waals surface area contributed by atoms with E-state index in [1.54, 1.807) is 0 Å². The monoisotopic (exact) mass is 200 g/mol. The van der Waals surface area contributed by atoms with E-state index in [1.165, 1.54) is 20.0 Å². The minimum Gasteiger partial charge on any atom is -0.469 e. The molecular formula is C11H20O3. The van der Waals surface area contributed by atoms with Crippen molar-refractivity contribution in [2.45, 2.75) is 57.7 Å². The van der Waals surface area contributed by atoms with E-state index in [1.807, 2.05) is 0 Å². The molecule has 0 amide bonds. The summed E-state index contributed by atoms with van der Waals surface area (Å²) in [4.78, 5) is 10.8. The summed E-state index contributed by atoms with van der Waals surface area (Å²) in [6.07, 6.45) is 6.83. The molecule has 2 atom stereocenters. The van der Waals surface area contributed by atoms with Gasteiger partial charge in [-0.2, -0.15) is 0 Å². The number of methoxy groups -OCH3 is 1. The van der Waals surface area contributed by atoms with Gasteiger partial charge in [0, 0.05) is 6.42 Å². The van der Waals surface area contributed by atoms with Crippen LogP contribution in [0.25, 0.3) is 0 Å². The summed E-state index contributed by atoms with van der Waals surface area (Å²) in [5.41, 5.74) is 0. The molecule has 0 aliphatic carbocycles. The maximum atomic E-state index is 10.8. The first-order valence-electron chi connectivity index (χ1n) is 5.44. The molecule has 0 aromatic carbocycles. The standard InChI is InChI=1S/C11H20O3/c1-9-7-8-10(14-9)5-3-4-6-11(12)13-2/h9-10H,3-8H2,1-2H3. The van der Waals surface area contributed by atoms with Gasteiger partial charge in [0.15, 0.2) is 0 Å². The van der Waals surface area contributed by atoms with Crippen LogP contribution < -0.4 is 0 Å². The third kappa shape index (κ3) is 4.09. The van der Waals surface area contributed by atoms with Crippen LogP contribution in [-0.4, -0.2) is 25.3 Å². The molecule has 0 spiro atoms. The molecular weight excluding hydrogens is 180 g/mol. The number of hydrogen-bond donors (Lipinski definition) is 0. The first-order chi connectivity index (χ1) is 6.72. The lowest BCUT2D eigenvalue weighted by atomic mass is 10.1. The first-order valence-corrected chi connectivity index (χ1v) is 5.44. The molecule has 0 N–H and O–H groups in total. The highest BCUT2D eigenvalue weighted by Gasteiger charge is 2.20. The summed E-state index contributed by atoms with van der Waals surface area (Å²) in [5.74, 6) is -0.106. The zero-order valence-electron chi connectivity index (χ0n) is 9.12. The molecule has 0 bridgehead atoms. The van der Waals surface area contributed by atoms with E-state index in [9.17, 15) is 4.79 Å². The Bertz CT molecular complexity index is 179. The fraction of sp³-hybridized carbons (Fsp3) is 0.909. The van der Waals surface area contributed by atoms with Crippen molar-refractivity contribution in [2.75, 3.05) is 7.11 Å². The molecule has 1 aliphatic rings. The number of esters is 1. The summed E-state index contributed by atoms with van der Waals surface area (Å²) >= 11 is 0. The summed E-state index contributed by atoms with van der Waals surface area (Å²) < 4.78 is 10.2. The second-order valence-corrected chi connectivity index (χ2v) is 3.97. The Morgan fingerprint density at radius 1 is 1.43 bits per heavy atom. The lowest BCUT2D eigenvalue weighted by molar-refractivity contribution is -0.140. The minimum absolute atomic E-state index is 0.106. The van der Waals surface area contributed by atoms with Crippen molar-refractivity contribution in [2.24, 2.45) is 0 Å². The Balaban J connectivity index is 1.96. The molecule has 1 heterocycles. The smallest absolute Gasteiger partial charge is 0.305 e. The van der Waals surface area contributed by atoms with Crippen LogP contribution in [0.1, 0.15) is 45.4 Å². The van der Waals surface area contributed by atoms with Gasteiger partial charge in [-0.05, 0) is 32.6 Å². The zero-order valence-corrected chi connectivity index (χ0v) is 9.12. The van der Waals surface area contributed by atoms with E-state index in [0.717, 1.165) is 19.3 Å². The summed E-state index contributed by atoms with van der Waals surface area (Å²) in [6.45, 7) is 2.12. The molecule has 3 nitrogen and oxygen atoms in total. The van der Waals surface area contributed by atoms with E-state index in [2.05, 4.69) is 11.7 Å². The van der Waals surface area contributed by atoms with Crippen LogP contribution in [0.5, 0.6) is 0 Å². The molecule has 0 radical (unpaired) electrons. The quantitative estimate of drug-likeness (QED) is 0.504. The highest BCUT2D eigenvalue weighted by Crippen LogP contribution is 2.23. The fourth-order valence-electron chi connectivity index (χ4n) is 1.84. The van der Waals surface area contributed by atoms with Gasteiger partial charge in [-0.3, -0.25) is 4.79 Å². The fourth-order valence-corrected chi connectivity index (χ4v) is 1.84. The Hall–Kier alpha value is -0.570. The zero-order chi connectivity index (χ0) is 10.4. The van der Waals surface area contributed by atoms with Crippen LogP contribution in [0.15, 0.2) is 0 Å². The molecule has 14 heavy (non-hydrogen) atoms. The lowest BCUT2D eigenvalue weighted by Crippen LogP contribution is -2.08. The predicted molar refractivity (Wildman–Crippen MR) is 54.1 cm³/mol. The Kier molecular flexibility index (Phi) is 4.94. The normalized spacial score (nSPS) is 26.4. The molecule has 1 saturated heterocycles. The summed E-state index contributed by atoms with van der Waals surface area (Å²) in [7, 11) is 1.43. The topological polar surface area (TPSA) is 35.5 Å². The van der Waals surface area contributed by atoms with Crippen LogP contribution in [0.2, 0.25) is 0 Å². The second kappa shape index (κ2) is 6.02. The number of carbonyl (C=O) groups excluding carboxylic acids is 1. The van der Waals surface area contributed by atoms with Crippen LogP contribution in [0.3, 0.4) is 0 Å². The molecule has 0 aromatic heterocycles. The lowest BCUT2D eigenvalue weighted by Gasteiger charge is -2.09. The molecule has 0 saturated carbocycles. The van der Waals surface area contributed by atoms with Crippen molar-refractivity contribution in [1.29, 1.82) is 0 Å². The van der Waals surface area contributed by atoms with Crippen LogP contribution >= 0.6 is 0 Å². The van der Waals surface area contributed by atoms with Crippen LogP contribution in [-0.2, 0) is 14.3 Å². The molecule has 1 aliphatic heterocycles. The van der Waals surface area contributed by atoms with E-state index in [0.29, 0.717) is 18.6 Å². The maximum absolute atomic E-state index is 10.8. The van der Waals surface area contributed by atoms with Gasteiger partial charge >= 0.3 is 5.97 Å². The molecule has 82 valence electrons. The maximum Gasteiger partial charge on any atom is 0.305 e. The van der Waals surface area contributed by atoms with E-state index in [4.69, 9.17) is 4.74 Å². The molecule has 1 rings (SSSR count). The van der Waals surface area contributed by atoms with Gasteiger partial charge < -0.3 is 9.47 Å².